The van der Waals surface area contributed by atoms with Gasteiger partial charge in [-0.3, -0.25) is 9.59 Å². The van der Waals surface area contributed by atoms with Gasteiger partial charge < -0.3 is 10.0 Å². The minimum Gasteiger partial charge on any atom is -0.481 e. The third-order valence-electron chi connectivity index (χ3n) is 3.34. The number of carbonyl (C=O) groups is 2. The van der Waals surface area contributed by atoms with Crippen molar-refractivity contribution < 1.29 is 14.7 Å². The van der Waals surface area contributed by atoms with E-state index in [2.05, 4.69) is 0 Å². The highest BCUT2D eigenvalue weighted by Gasteiger charge is 2.24. The van der Waals surface area contributed by atoms with Crippen LogP contribution in [0, 0.1) is 5.92 Å². The van der Waals surface area contributed by atoms with Crippen LogP contribution in [0.1, 0.15) is 24.1 Å². The Balaban J connectivity index is 1.79. The minimum absolute atomic E-state index is 0.159. The molecule has 0 radical (unpaired) electrons. The maximum atomic E-state index is 12.0. The van der Waals surface area contributed by atoms with Crippen LogP contribution in [0.5, 0.6) is 0 Å². The number of likely N-dealkylation sites (tertiary alicyclic amines) is 1. The van der Waals surface area contributed by atoms with Crippen molar-refractivity contribution in [3.8, 4) is 0 Å². The maximum absolute atomic E-state index is 12.0. The molecule has 1 aliphatic heterocycles. The molecule has 1 aromatic rings. The predicted molar refractivity (Wildman–Crippen MR) is 69.6 cm³/mol. The first kappa shape index (κ1) is 13.1. The lowest BCUT2D eigenvalue weighted by Gasteiger charge is -2.31. The van der Waals surface area contributed by atoms with Gasteiger partial charge in [-0.15, -0.1) is 11.3 Å². The molecule has 0 aliphatic carbocycles. The van der Waals surface area contributed by atoms with Crippen LogP contribution in [-0.2, 0) is 16.0 Å². The normalized spacial score (nSPS) is 16.8. The molecule has 0 bridgehead atoms. The molecule has 1 saturated heterocycles. The van der Waals surface area contributed by atoms with Crippen LogP contribution in [0.15, 0.2) is 17.5 Å². The van der Waals surface area contributed by atoms with Crippen molar-refractivity contribution in [1.82, 2.24) is 4.90 Å². The molecule has 1 aliphatic rings. The first-order valence-corrected chi connectivity index (χ1v) is 7.05. The van der Waals surface area contributed by atoms with Crippen molar-refractivity contribution in [2.45, 2.75) is 25.7 Å². The average Bonchev–Trinajstić information content (AvgIpc) is 2.82. The lowest BCUT2D eigenvalue weighted by Crippen LogP contribution is -2.39. The Bertz CT molecular complexity index is 408. The average molecular weight is 267 g/mol. The highest BCUT2D eigenvalue weighted by atomic mass is 32.1. The summed E-state index contributed by atoms with van der Waals surface area (Å²) in [4.78, 5) is 25.6. The molecule has 1 fully saturated rings. The van der Waals surface area contributed by atoms with Gasteiger partial charge in [0, 0.05) is 24.4 Å². The van der Waals surface area contributed by atoms with E-state index in [1.165, 1.54) is 0 Å². The van der Waals surface area contributed by atoms with Crippen molar-refractivity contribution in [3.63, 3.8) is 0 Å². The van der Waals surface area contributed by atoms with E-state index in [1.807, 2.05) is 22.4 Å². The second-order valence-corrected chi connectivity index (χ2v) is 5.71. The van der Waals surface area contributed by atoms with Crippen molar-refractivity contribution in [3.05, 3.63) is 22.4 Å². The fourth-order valence-electron chi connectivity index (χ4n) is 2.31. The topological polar surface area (TPSA) is 57.6 Å². The van der Waals surface area contributed by atoms with Crippen LogP contribution in [0.25, 0.3) is 0 Å². The molecule has 2 heterocycles. The zero-order chi connectivity index (χ0) is 13.0. The summed E-state index contributed by atoms with van der Waals surface area (Å²) in [6.45, 7) is 1.39. The van der Waals surface area contributed by atoms with Gasteiger partial charge in [0.2, 0.25) is 5.91 Å². The molecule has 4 nitrogen and oxygen atoms in total. The molecule has 0 atom stereocenters. The largest absolute Gasteiger partial charge is 0.481 e. The van der Waals surface area contributed by atoms with Crippen LogP contribution in [-0.4, -0.2) is 35.0 Å². The van der Waals surface area contributed by atoms with Crippen molar-refractivity contribution in [2.24, 2.45) is 5.92 Å². The van der Waals surface area contributed by atoms with Gasteiger partial charge in [0.15, 0.2) is 0 Å². The molecule has 2 rings (SSSR count). The Morgan fingerprint density at radius 3 is 2.67 bits per heavy atom. The van der Waals surface area contributed by atoms with E-state index in [0.29, 0.717) is 19.5 Å². The van der Waals surface area contributed by atoms with Gasteiger partial charge in [-0.05, 0) is 30.2 Å². The first-order chi connectivity index (χ1) is 8.65. The Kier molecular flexibility index (Phi) is 4.36. The first-order valence-electron chi connectivity index (χ1n) is 6.17. The molecular formula is C13H17NO3S. The summed E-state index contributed by atoms with van der Waals surface area (Å²) in [5, 5.41) is 10.7. The molecule has 1 aromatic heterocycles. The fourth-order valence-corrected chi connectivity index (χ4v) is 3.00. The number of hydrogen-bond donors (Lipinski definition) is 1. The highest BCUT2D eigenvalue weighted by molar-refractivity contribution is 7.10. The van der Waals surface area contributed by atoms with E-state index in [4.69, 9.17) is 5.11 Å². The molecule has 0 unspecified atom stereocenters. The van der Waals surface area contributed by atoms with E-state index in [1.54, 1.807) is 11.3 Å². The summed E-state index contributed by atoms with van der Waals surface area (Å²) in [6, 6.07) is 3.92. The van der Waals surface area contributed by atoms with Crippen LogP contribution in [0.3, 0.4) is 0 Å². The SMILES string of the molecule is O=C(O)CC1CCN(C(=O)Cc2cccs2)CC1. The summed E-state index contributed by atoms with van der Waals surface area (Å²) in [5.41, 5.74) is 0. The van der Waals surface area contributed by atoms with Crippen LogP contribution in [0.2, 0.25) is 0 Å². The Hall–Kier alpha value is -1.36. The number of carboxylic acid groups (broad SMARTS) is 1. The Morgan fingerprint density at radius 2 is 2.11 bits per heavy atom. The number of piperidine rings is 1. The van der Waals surface area contributed by atoms with Crippen LogP contribution in [0.4, 0.5) is 0 Å². The molecule has 0 saturated carbocycles. The van der Waals surface area contributed by atoms with Crippen LogP contribution < -0.4 is 0 Å². The predicted octanol–water partition coefficient (Wildman–Crippen LogP) is 2.00. The number of aliphatic carboxylic acids is 1. The molecule has 0 aromatic carbocycles. The zero-order valence-corrected chi connectivity index (χ0v) is 11.0. The second kappa shape index (κ2) is 6.00. The number of carboxylic acids is 1. The fraction of sp³-hybridized carbons (Fsp3) is 0.538. The summed E-state index contributed by atoms with van der Waals surface area (Å²) in [5.74, 6) is -0.349. The second-order valence-electron chi connectivity index (χ2n) is 4.68. The molecule has 1 N–H and O–H groups in total. The minimum atomic E-state index is -0.738. The highest BCUT2D eigenvalue weighted by Crippen LogP contribution is 2.21. The quantitative estimate of drug-likeness (QED) is 0.907. The van der Waals surface area contributed by atoms with Gasteiger partial charge >= 0.3 is 5.97 Å². The van der Waals surface area contributed by atoms with E-state index >= 15 is 0 Å². The van der Waals surface area contributed by atoms with Crippen molar-refractivity contribution in [1.29, 1.82) is 0 Å². The van der Waals surface area contributed by atoms with Crippen LogP contribution >= 0.6 is 11.3 Å². The number of amides is 1. The summed E-state index contributed by atoms with van der Waals surface area (Å²) in [7, 11) is 0. The van der Waals surface area contributed by atoms with Crippen molar-refractivity contribution in [2.75, 3.05) is 13.1 Å². The number of carbonyl (C=O) groups excluding carboxylic acids is 1. The lowest BCUT2D eigenvalue weighted by molar-refractivity contribution is -0.138. The summed E-state index contributed by atoms with van der Waals surface area (Å²) >= 11 is 1.60. The molecule has 5 heteroatoms. The van der Waals surface area contributed by atoms with E-state index in [0.717, 1.165) is 17.7 Å². The van der Waals surface area contributed by atoms with Crippen molar-refractivity contribution >= 4 is 23.2 Å². The van der Waals surface area contributed by atoms with E-state index in [-0.39, 0.29) is 18.2 Å². The van der Waals surface area contributed by atoms with Gasteiger partial charge in [0.25, 0.3) is 0 Å². The summed E-state index contributed by atoms with van der Waals surface area (Å²) < 4.78 is 0. The standard InChI is InChI=1S/C13H17NO3S/c15-12(9-11-2-1-7-18-11)14-5-3-10(4-6-14)8-13(16)17/h1-2,7,10H,3-6,8-9H2,(H,16,17). The third kappa shape index (κ3) is 3.57. The maximum Gasteiger partial charge on any atom is 0.303 e. The van der Waals surface area contributed by atoms with Gasteiger partial charge in [0.05, 0.1) is 6.42 Å². The lowest BCUT2D eigenvalue weighted by atomic mass is 9.93. The Morgan fingerprint density at radius 1 is 1.39 bits per heavy atom. The smallest absolute Gasteiger partial charge is 0.303 e. The monoisotopic (exact) mass is 267 g/mol. The molecule has 18 heavy (non-hydrogen) atoms. The van der Waals surface area contributed by atoms with E-state index < -0.39 is 5.97 Å². The third-order valence-corrected chi connectivity index (χ3v) is 4.21. The van der Waals surface area contributed by atoms with Gasteiger partial charge in [-0.1, -0.05) is 6.07 Å². The number of rotatable bonds is 4. The molecular weight excluding hydrogens is 250 g/mol. The van der Waals surface area contributed by atoms with E-state index in [9.17, 15) is 9.59 Å². The number of hydrogen-bond acceptors (Lipinski definition) is 3. The molecule has 1 amide bonds. The Labute approximate surface area is 110 Å². The van der Waals surface area contributed by atoms with Gasteiger partial charge in [-0.25, -0.2) is 0 Å². The van der Waals surface area contributed by atoms with Gasteiger partial charge in [-0.2, -0.15) is 0 Å². The molecule has 0 spiro atoms. The number of thiophene rings is 1. The summed E-state index contributed by atoms with van der Waals surface area (Å²) in [6.07, 6.45) is 2.32. The molecule has 98 valence electrons. The number of nitrogens with zero attached hydrogens (tertiary/aromatic N) is 1. The zero-order valence-electron chi connectivity index (χ0n) is 10.2. The van der Waals surface area contributed by atoms with Gasteiger partial charge in [0.1, 0.15) is 0 Å².